The van der Waals surface area contributed by atoms with Crippen LogP contribution in [0.15, 0.2) is 48.8 Å². The van der Waals surface area contributed by atoms with Crippen LogP contribution in [-0.4, -0.2) is 45.7 Å². The van der Waals surface area contributed by atoms with E-state index < -0.39 is 10.0 Å². The van der Waals surface area contributed by atoms with Gasteiger partial charge >= 0.3 is 0 Å². The van der Waals surface area contributed by atoms with E-state index in [9.17, 15) is 13.2 Å². The van der Waals surface area contributed by atoms with Gasteiger partial charge in [0.25, 0.3) is 5.91 Å². The molecule has 134 valence electrons. The second kappa shape index (κ2) is 8.48. The molecule has 0 saturated carbocycles. The van der Waals surface area contributed by atoms with Crippen molar-refractivity contribution < 1.29 is 13.2 Å². The van der Waals surface area contributed by atoms with Gasteiger partial charge in [0.15, 0.2) is 0 Å². The summed E-state index contributed by atoms with van der Waals surface area (Å²) in [7, 11) is -1.84. The molecule has 2 aromatic rings. The Bertz CT molecular complexity index is 792. The molecule has 0 unspecified atom stereocenters. The van der Waals surface area contributed by atoms with Crippen LogP contribution in [0.5, 0.6) is 0 Å². The van der Waals surface area contributed by atoms with E-state index in [4.69, 9.17) is 0 Å². The van der Waals surface area contributed by atoms with Crippen LogP contribution in [0.2, 0.25) is 0 Å². The fourth-order valence-electron chi connectivity index (χ4n) is 2.11. The molecule has 1 aromatic heterocycles. The molecule has 0 spiro atoms. The fourth-order valence-corrected chi connectivity index (χ4v) is 2.61. The first-order valence-electron chi connectivity index (χ1n) is 7.84. The largest absolute Gasteiger partial charge is 0.384 e. The number of hydrogen-bond donors (Lipinski definition) is 2. The monoisotopic (exact) mass is 362 g/mol. The van der Waals surface area contributed by atoms with Crippen molar-refractivity contribution in [3.63, 3.8) is 0 Å². The topological polar surface area (TPSA) is 91.4 Å². The summed E-state index contributed by atoms with van der Waals surface area (Å²) >= 11 is 0. The number of amides is 1. The highest BCUT2D eigenvalue weighted by atomic mass is 32.2. The van der Waals surface area contributed by atoms with Gasteiger partial charge in [0, 0.05) is 38.1 Å². The summed E-state index contributed by atoms with van der Waals surface area (Å²) in [6.07, 6.45) is 5.36. The van der Waals surface area contributed by atoms with Crippen molar-refractivity contribution in [1.82, 2.24) is 10.3 Å². The van der Waals surface area contributed by atoms with E-state index in [1.54, 1.807) is 36.7 Å². The standard InChI is InChI=1S/C17H22N4O3S/c1-21(25(2,23)24)16-8-6-14(7-9-16)17(22)20-12-4-11-19-15-5-3-10-18-13-15/h3,5-10,13,19H,4,11-12H2,1-2H3,(H,20,22). The average Bonchev–Trinajstić information content (AvgIpc) is 2.61. The van der Waals surface area contributed by atoms with Crippen LogP contribution in [0.1, 0.15) is 16.8 Å². The average molecular weight is 362 g/mol. The zero-order valence-electron chi connectivity index (χ0n) is 14.3. The molecule has 25 heavy (non-hydrogen) atoms. The zero-order chi connectivity index (χ0) is 18.3. The molecule has 0 radical (unpaired) electrons. The Labute approximate surface area is 148 Å². The molecule has 0 bridgehead atoms. The van der Waals surface area contributed by atoms with Crippen molar-refractivity contribution in [1.29, 1.82) is 0 Å². The number of hydrogen-bond acceptors (Lipinski definition) is 5. The molecule has 0 saturated heterocycles. The summed E-state index contributed by atoms with van der Waals surface area (Å²) in [6.45, 7) is 1.27. The van der Waals surface area contributed by atoms with E-state index >= 15 is 0 Å². The van der Waals surface area contributed by atoms with E-state index in [0.717, 1.165) is 24.9 Å². The predicted octanol–water partition coefficient (Wildman–Crippen LogP) is 1.71. The maximum Gasteiger partial charge on any atom is 0.251 e. The van der Waals surface area contributed by atoms with Crippen molar-refractivity contribution in [2.75, 3.05) is 36.0 Å². The number of sulfonamides is 1. The Balaban J connectivity index is 1.77. The van der Waals surface area contributed by atoms with Crippen LogP contribution in [0.25, 0.3) is 0 Å². The smallest absolute Gasteiger partial charge is 0.251 e. The summed E-state index contributed by atoms with van der Waals surface area (Å²) in [4.78, 5) is 16.1. The maximum atomic E-state index is 12.1. The normalized spacial score (nSPS) is 11.0. The number of aromatic nitrogens is 1. The quantitative estimate of drug-likeness (QED) is 0.698. The first-order valence-corrected chi connectivity index (χ1v) is 9.69. The third-order valence-electron chi connectivity index (χ3n) is 3.62. The van der Waals surface area contributed by atoms with Gasteiger partial charge in [-0.2, -0.15) is 0 Å². The minimum Gasteiger partial charge on any atom is -0.384 e. The minimum atomic E-state index is -3.31. The lowest BCUT2D eigenvalue weighted by atomic mass is 10.2. The highest BCUT2D eigenvalue weighted by Gasteiger charge is 2.12. The molecular weight excluding hydrogens is 340 g/mol. The van der Waals surface area contributed by atoms with Crippen molar-refractivity contribution >= 4 is 27.3 Å². The lowest BCUT2D eigenvalue weighted by Crippen LogP contribution is -2.26. The first kappa shape index (κ1) is 18.7. The summed E-state index contributed by atoms with van der Waals surface area (Å²) in [6, 6.07) is 10.2. The van der Waals surface area contributed by atoms with E-state index in [1.807, 2.05) is 12.1 Å². The summed E-state index contributed by atoms with van der Waals surface area (Å²) < 4.78 is 24.2. The molecule has 2 N–H and O–H groups in total. The molecule has 1 heterocycles. The molecule has 0 aliphatic heterocycles. The summed E-state index contributed by atoms with van der Waals surface area (Å²) in [5, 5.41) is 6.05. The highest BCUT2D eigenvalue weighted by molar-refractivity contribution is 7.92. The lowest BCUT2D eigenvalue weighted by Gasteiger charge is -2.16. The fraction of sp³-hybridized carbons (Fsp3) is 0.294. The molecule has 0 atom stereocenters. The van der Waals surface area contributed by atoms with Crippen LogP contribution in [-0.2, 0) is 10.0 Å². The van der Waals surface area contributed by atoms with E-state index in [-0.39, 0.29) is 5.91 Å². The Morgan fingerprint density at radius 2 is 1.88 bits per heavy atom. The van der Waals surface area contributed by atoms with E-state index in [1.165, 1.54) is 11.4 Å². The molecule has 0 aliphatic rings. The highest BCUT2D eigenvalue weighted by Crippen LogP contribution is 2.16. The van der Waals surface area contributed by atoms with E-state index in [0.29, 0.717) is 17.8 Å². The van der Waals surface area contributed by atoms with Gasteiger partial charge < -0.3 is 10.6 Å². The maximum absolute atomic E-state index is 12.1. The number of benzene rings is 1. The molecule has 8 heteroatoms. The van der Waals surface area contributed by atoms with Gasteiger partial charge in [-0.25, -0.2) is 8.42 Å². The summed E-state index contributed by atoms with van der Waals surface area (Å²) in [5.41, 5.74) is 1.95. The Morgan fingerprint density at radius 3 is 2.48 bits per heavy atom. The minimum absolute atomic E-state index is 0.185. The number of carbonyl (C=O) groups is 1. The molecule has 0 aliphatic carbocycles. The SMILES string of the molecule is CN(c1ccc(C(=O)NCCCNc2cccnc2)cc1)S(C)(=O)=O. The number of pyridine rings is 1. The molecule has 1 aromatic carbocycles. The second-order valence-corrected chi connectivity index (χ2v) is 7.57. The first-order chi connectivity index (χ1) is 11.9. The summed E-state index contributed by atoms with van der Waals surface area (Å²) in [5.74, 6) is -0.185. The van der Waals surface area contributed by atoms with Crippen molar-refractivity contribution in [3.8, 4) is 0 Å². The second-order valence-electron chi connectivity index (χ2n) is 5.56. The van der Waals surface area contributed by atoms with Gasteiger partial charge in [0.05, 0.1) is 17.6 Å². The lowest BCUT2D eigenvalue weighted by molar-refractivity contribution is 0.0953. The van der Waals surface area contributed by atoms with Crippen LogP contribution in [0.3, 0.4) is 0 Å². The van der Waals surface area contributed by atoms with Crippen LogP contribution in [0.4, 0.5) is 11.4 Å². The van der Waals surface area contributed by atoms with Gasteiger partial charge in [0.1, 0.15) is 0 Å². The third-order valence-corrected chi connectivity index (χ3v) is 4.83. The van der Waals surface area contributed by atoms with Crippen LogP contribution >= 0.6 is 0 Å². The number of nitrogens with one attached hydrogen (secondary N) is 2. The molecule has 2 rings (SSSR count). The van der Waals surface area contributed by atoms with Crippen molar-refractivity contribution in [3.05, 3.63) is 54.4 Å². The predicted molar refractivity (Wildman–Crippen MR) is 99.4 cm³/mol. The van der Waals surface area contributed by atoms with Gasteiger partial charge in [0.2, 0.25) is 10.0 Å². The Hall–Kier alpha value is -2.61. The Kier molecular flexibility index (Phi) is 6.35. The van der Waals surface area contributed by atoms with Crippen LogP contribution in [0, 0.1) is 0 Å². The van der Waals surface area contributed by atoms with Gasteiger partial charge in [-0.3, -0.25) is 14.1 Å². The number of rotatable bonds is 8. The van der Waals surface area contributed by atoms with Crippen LogP contribution < -0.4 is 14.9 Å². The molecular formula is C17H22N4O3S. The van der Waals surface area contributed by atoms with E-state index in [2.05, 4.69) is 15.6 Å². The van der Waals surface area contributed by atoms with Gasteiger partial charge in [-0.15, -0.1) is 0 Å². The van der Waals surface area contributed by atoms with Gasteiger partial charge in [-0.05, 0) is 42.8 Å². The van der Waals surface area contributed by atoms with Crippen molar-refractivity contribution in [2.45, 2.75) is 6.42 Å². The number of nitrogens with zero attached hydrogens (tertiary/aromatic N) is 2. The van der Waals surface area contributed by atoms with Gasteiger partial charge in [-0.1, -0.05) is 0 Å². The van der Waals surface area contributed by atoms with Crippen molar-refractivity contribution in [2.24, 2.45) is 0 Å². The molecule has 1 amide bonds. The molecule has 0 fully saturated rings. The number of anilines is 2. The third kappa shape index (κ3) is 5.75. The number of carbonyl (C=O) groups excluding carboxylic acids is 1. The Morgan fingerprint density at radius 1 is 1.16 bits per heavy atom. The zero-order valence-corrected chi connectivity index (χ0v) is 15.1. The molecule has 7 nitrogen and oxygen atoms in total.